The zero-order valence-electron chi connectivity index (χ0n) is 51.9. The Kier molecular flexibility index (Phi) is 63.7. The fourth-order valence-electron chi connectivity index (χ4n) is 9.88. The molecule has 1 atom stereocenters. The standard InChI is InChI=1S/C72H128O6/c1-4-7-10-13-16-19-22-25-28-31-32-33-34-35-36-37-38-39-40-42-44-47-50-53-56-59-62-65-71(74)77-68-69(67-76-70(73)64-61-58-55-52-49-46-43-30-27-24-21-18-15-12-9-6-3)78-72(75)66-63-60-57-54-51-48-45-41-29-26-23-20-17-14-11-8-5-2/h7,10,16,19,25,28,30,32-33,35-36,43,69H,4-6,8-9,11-15,17-18,20-24,26-27,29,31,34,37-42,44-68H2,1-3H3/b10-7-,19-16-,28-25-,33-32-,36-35-,43-30-. The number of esters is 3. The van der Waals surface area contributed by atoms with Crippen LogP contribution in [0.4, 0.5) is 0 Å². The van der Waals surface area contributed by atoms with E-state index in [9.17, 15) is 14.4 Å². The quantitative estimate of drug-likeness (QED) is 0.0261. The van der Waals surface area contributed by atoms with Crippen molar-refractivity contribution in [1.29, 1.82) is 0 Å². The van der Waals surface area contributed by atoms with Crippen LogP contribution in [-0.4, -0.2) is 37.2 Å². The average Bonchev–Trinajstić information content (AvgIpc) is 3.44. The molecule has 0 aliphatic carbocycles. The molecule has 0 rings (SSSR count). The van der Waals surface area contributed by atoms with E-state index in [0.29, 0.717) is 19.3 Å². The molecule has 0 amide bonds. The number of ether oxygens (including phenoxy) is 3. The summed E-state index contributed by atoms with van der Waals surface area (Å²) in [4.78, 5) is 38.4. The van der Waals surface area contributed by atoms with Crippen molar-refractivity contribution in [3.05, 3.63) is 72.9 Å². The van der Waals surface area contributed by atoms with Crippen LogP contribution in [0.5, 0.6) is 0 Å². The summed E-state index contributed by atoms with van der Waals surface area (Å²) in [5.74, 6) is -0.865. The molecule has 0 aliphatic rings. The summed E-state index contributed by atoms with van der Waals surface area (Å²) in [7, 11) is 0. The summed E-state index contributed by atoms with van der Waals surface area (Å²) in [6.45, 7) is 6.57. The van der Waals surface area contributed by atoms with E-state index in [1.54, 1.807) is 0 Å². The van der Waals surface area contributed by atoms with Gasteiger partial charge in [0.2, 0.25) is 0 Å². The molecule has 0 heterocycles. The minimum Gasteiger partial charge on any atom is -0.462 e. The van der Waals surface area contributed by atoms with Gasteiger partial charge >= 0.3 is 17.9 Å². The average molecular weight is 1090 g/mol. The maximum atomic E-state index is 12.9. The number of rotatable bonds is 62. The normalized spacial score (nSPS) is 12.5. The number of carbonyl (C=O) groups is 3. The van der Waals surface area contributed by atoms with E-state index >= 15 is 0 Å². The fourth-order valence-corrected chi connectivity index (χ4v) is 9.88. The molecule has 6 nitrogen and oxygen atoms in total. The number of hydrogen-bond donors (Lipinski definition) is 0. The van der Waals surface area contributed by atoms with Crippen LogP contribution < -0.4 is 0 Å². The second-order valence-corrected chi connectivity index (χ2v) is 22.7. The maximum absolute atomic E-state index is 12.9. The minimum atomic E-state index is -0.779. The van der Waals surface area contributed by atoms with E-state index in [1.165, 1.54) is 212 Å². The Bertz CT molecular complexity index is 1440. The first kappa shape index (κ1) is 74.8. The van der Waals surface area contributed by atoms with Crippen molar-refractivity contribution in [1.82, 2.24) is 0 Å². The lowest BCUT2D eigenvalue weighted by Crippen LogP contribution is -2.30. The molecule has 0 aliphatic heterocycles. The Hall–Kier alpha value is -3.15. The highest BCUT2D eigenvalue weighted by atomic mass is 16.6. The third-order valence-electron chi connectivity index (χ3n) is 14.9. The number of hydrogen-bond acceptors (Lipinski definition) is 6. The van der Waals surface area contributed by atoms with Crippen molar-refractivity contribution in [3.63, 3.8) is 0 Å². The van der Waals surface area contributed by atoms with Gasteiger partial charge in [0, 0.05) is 19.3 Å². The van der Waals surface area contributed by atoms with Gasteiger partial charge in [0.1, 0.15) is 13.2 Å². The van der Waals surface area contributed by atoms with E-state index in [4.69, 9.17) is 14.2 Å². The zero-order chi connectivity index (χ0) is 56.4. The van der Waals surface area contributed by atoms with E-state index in [0.717, 1.165) is 96.3 Å². The highest BCUT2D eigenvalue weighted by Crippen LogP contribution is 2.17. The lowest BCUT2D eigenvalue weighted by Gasteiger charge is -2.18. The highest BCUT2D eigenvalue weighted by Gasteiger charge is 2.19. The SMILES string of the molecule is CC/C=C\C/C=C\C/C=C\C/C=C\C/C=C\CCCCCCCCCCCCCC(=O)OCC(COC(=O)CCCCCCC/C=C\CCCCCCCCC)OC(=O)CCCCCCCCCCCCCCCCCCC. The number of unbranched alkanes of at least 4 members (excludes halogenated alkanes) is 39. The van der Waals surface area contributed by atoms with Gasteiger partial charge in [0.15, 0.2) is 6.10 Å². The van der Waals surface area contributed by atoms with Crippen LogP contribution in [0.1, 0.15) is 348 Å². The summed E-state index contributed by atoms with van der Waals surface area (Å²) in [5.41, 5.74) is 0. The summed E-state index contributed by atoms with van der Waals surface area (Å²) in [6, 6.07) is 0. The Morgan fingerprint density at radius 3 is 0.795 bits per heavy atom. The van der Waals surface area contributed by atoms with Crippen molar-refractivity contribution in [2.45, 2.75) is 354 Å². The lowest BCUT2D eigenvalue weighted by atomic mass is 10.0. The van der Waals surface area contributed by atoms with Crippen LogP contribution in [0.15, 0.2) is 72.9 Å². The molecule has 6 heteroatoms. The predicted molar refractivity (Wildman–Crippen MR) is 339 cm³/mol. The Labute approximate surface area is 484 Å². The summed E-state index contributed by atoms with van der Waals surface area (Å²) >= 11 is 0. The largest absolute Gasteiger partial charge is 0.462 e. The van der Waals surface area contributed by atoms with Crippen LogP contribution in [0.2, 0.25) is 0 Å². The third-order valence-corrected chi connectivity index (χ3v) is 14.9. The summed E-state index contributed by atoms with van der Waals surface area (Å²) < 4.78 is 17.0. The van der Waals surface area contributed by atoms with Crippen LogP contribution in [-0.2, 0) is 28.6 Å². The van der Waals surface area contributed by atoms with Crippen molar-refractivity contribution in [2.75, 3.05) is 13.2 Å². The number of carbonyl (C=O) groups excluding carboxylic acids is 3. The van der Waals surface area contributed by atoms with Gasteiger partial charge in [-0.05, 0) is 89.9 Å². The topological polar surface area (TPSA) is 78.9 Å². The fraction of sp³-hybridized carbons (Fsp3) is 0.792. The van der Waals surface area contributed by atoms with Crippen LogP contribution in [0.3, 0.4) is 0 Å². The zero-order valence-corrected chi connectivity index (χ0v) is 51.9. The molecule has 78 heavy (non-hydrogen) atoms. The molecule has 0 bridgehead atoms. The molecule has 1 unspecified atom stereocenters. The van der Waals surface area contributed by atoms with Gasteiger partial charge in [-0.15, -0.1) is 0 Å². The van der Waals surface area contributed by atoms with Crippen molar-refractivity contribution < 1.29 is 28.6 Å². The maximum Gasteiger partial charge on any atom is 0.306 e. The molecule has 0 saturated carbocycles. The smallest absolute Gasteiger partial charge is 0.306 e. The second kappa shape index (κ2) is 66.4. The predicted octanol–water partition coefficient (Wildman–Crippen LogP) is 23.3. The van der Waals surface area contributed by atoms with Crippen LogP contribution in [0, 0.1) is 0 Å². The van der Waals surface area contributed by atoms with Crippen LogP contribution in [0.25, 0.3) is 0 Å². The van der Waals surface area contributed by atoms with E-state index in [-0.39, 0.29) is 31.1 Å². The molecule has 452 valence electrons. The van der Waals surface area contributed by atoms with Crippen molar-refractivity contribution >= 4 is 17.9 Å². The van der Waals surface area contributed by atoms with Crippen molar-refractivity contribution in [3.8, 4) is 0 Å². The molecule has 0 N–H and O–H groups in total. The van der Waals surface area contributed by atoms with E-state index in [2.05, 4.69) is 93.7 Å². The monoisotopic (exact) mass is 1090 g/mol. The second-order valence-electron chi connectivity index (χ2n) is 22.7. The first-order valence-corrected chi connectivity index (χ1v) is 33.9. The molecular formula is C72H128O6. The minimum absolute atomic E-state index is 0.0756. The Morgan fingerprint density at radius 1 is 0.269 bits per heavy atom. The summed E-state index contributed by atoms with van der Waals surface area (Å²) in [6.07, 6.45) is 86.3. The van der Waals surface area contributed by atoms with Crippen LogP contribution >= 0.6 is 0 Å². The molecule has 0 radical (unpaired) electrons. The van der Waals surface area contributed by atoms with E-state index < -0.39 is 6.10 Å². The third kappa shape index (κ3) is 63.7. The van der Waals surface area contributed by atoms with E-state index in [1.807, 2.05) is 0 Å². The number of allylic oxidation sites excluding steroid dienone is 12. The molecular weight excluding hydrogens is 961 g/mol. The lowest BCUT2D eigenvalue weighted by molar-refractivity contribution is -0.167. The molecule has 0 aromatic carbocycles. The molecule has 0 aromatic rings. The van der Waals surface area contributed by atoms with Gasteiger partial charge in [-0.3, -0.25) is 14.4 Å². The Morgan fingerprint density at radius 2 is 0.500 bits per heavy atom. The van der Waals surface area contributed by atoms with Gasteiger partial charge in [-0.1, -0.05) is 312 Å². The van der Waals surface area contributed by atoms with Gasteiger partial charge in [-0.25, -0.2) is 0 Å². The highest BCUT2D eigenvalue weighted by molar-refractivity contribution is 5.71. The van der Waals surface area contributed by atoms with Gasteiger partial charge in [0.05, 0.1) is 0 Å². The van der Waals surface area contributed by atoms with Gasteiger partial charge in [-0.2, -0.15) is 0 Å². The molecule has 0 aromatic heterocycles. The molecule has 0 fully saturated rings. The van der Waals surface area contributed by atoms with Gasteiger partial charge < -0.3 is 14.2 Å². The van der Waals surface area contributed by atoms with Gasteiger partial charge in [0.25, 0.3) is 0 Å². The first-order valence-electron chi connectivity index (χ1n) is 33.9. The Balaban J connectivity index is 4.30. The molecule has 0 saturated heterocycles. The van der Waals surface area contributed by atoms with Crippen molar-refractivity contribution in [2.24, 2.45) is 0 Å². The summed E-state index contributed by atoms with van der Waals surface area (Å²) in [5, 5.41) is 0. The molecule has 0 spiro atoms. The first-order chi connectivity index (χ1) is 38.5.